The largest absolute Gasteiger partial charge is 0.486 e. The Hall–Kier alpha value is -2.23. The molecule has 1 aliphatic rings. The highest BCUT2D eigenvalue weighted by Crippen LogP contribution is 2.41. The van der Waals surface area contributed by atoms with Gasteiger partial charge < -0.3 is 4.74 Å². The van der Waals surface area contributed by atoms with E-state index in [4.69, 9.17) is 4.74 Å². The molecule has 144 valence electrons. The van der Waals surface area contributed by atoms with Crippen molar-refractivity contribution in [3.63, 3.8) is 0 Å². The van der Waals surface area contributed by atoms with Crippen molar-refractivity contribution in [1.82, 2.24) is 0 Å². The standard InChI is InChI=1S/C23H25F3O/c1-3-5-6-15-7-9-16(10-8-15)18-14-17-11-12-19(27-13-4-2)22(25)20(17)23(26)21(18)24/h3-4,11-12,14-16H,1-2,5-10,13H2. The van der Waals surface area contributed by atoms with E-state index < -0.39 is 17.5 Å². The van der Waals surface area contributed by atoms with Gasteiger partial charge in [0.15, 0.2) is 23.2 Å². The Labute approximate surface area is 158 Å². The molecule has 0 amide bonds. The van der Waals surface area contributed by atoms with Crippen LogP contribution in [0.3, 0.4) is 0 Å². The fourth-order valence-electron chi connectivity index (χ4n) is 4.06. The van der Waals surface area contributed by atoms with Crippen molar-refractivity contribution in [3.8, 4) is 5.75 Å². The van der Waals surface area contributed by atoms with Crippen LogP contribution in [0.2, 0.25) is 0 Å². The summed E-state index contributed by atoms with van der Waals surface area (Å²) < 4.78 is 49.3. The van der Waals surface area contributed by atoms with Crippen LogP contribution in [0.15, 0.2) is 43.5 Å². The number of ether oxygens (including phenoxy) is 1. The first-order chi connectivity index (χ1) is 13.1. The lowest BCUT2D eigenvalue weighted by atomic mass is 9.76. The summed E-state index contributed by atoms with van der Waals surface area (Å²) in [5.41, 5.74) is 0.362. The second-order valence-corrected chi connectivity index (χ2v) is 7.25. The van der Waals surface area contributed by atoms with Crippen molar-refractivity contribution in [2.45, 2.75) is 44.4 Å². The second kappa shape index (κ2) is 8.64. The molecule has 0 atom stereocenters. The molecule has 0 spiro atoms. The van der Waals surface area contributed by atoms with Crippen molar-refractivity contribution in [3.05, 3.63) is 66.5 Å². The second-order valence-electron chi connectivity index (χ2n) is 7.25. The number of halogens is 3. The number of allylic oxidation sites excluding steroid dienone is 1. The minimum atomic E-state index is -1.13. The van der Waals surface area contributed by atoms with Gasteiger partial charge >= 0.3 is 0 Å². The minimum absolute atomic E-state index is 0.0244. The molecular formula is C23H25F3O. The summed E-state index contributed by atoms with van der Waals surface area (Å²) in [5, 5.41) is 0.0126. The summed E-state index contributed by atoms with van der Waals surface area (Å²) in [6, 6.07) is 4.63. The third-order valence-corrected chi connectivity index (χ3v) is 5.54. The summed E-state index contributed by atoms with van der Waals surface area (Å²) in [4.78, 5) is 0. The predicted molar refractivity (Wildman–Crippen MR) is 104 cm³/mol. The zero-order chi connectivity index (χ0) is 19.4. The van der Waals surface area contributed by atoms with Gasteiger partial charge in [-0.1, -0.05) is 24.8 Å². The summed E-state index contributed by atoms with van der Waals surface area (Å²) in [7, 11) is 0. The molecule has 4 heteroatoms. The number of rotatable bonds is 7. The zero-order valence-electron chi connectivity index (χ0n) is 15.4. The van der Waals surface area contributed by atoms with Crippen LogP contribution < -0.4 is 4.74 Å². The Kier molecular flexibility index (Phi) is 6.25. The fourth-order valence-corrected chi connectivity index (χ4v) is 4.06. The van der Waals surface area contributed by atoms with Crippen LogP contribution in [0, 0.1) is 23.4 Å². The molecule has 0 bridgehead atoms. The molecule has 0 aromatic heterocycles. The van der Waals surface area contributed by atoms with Crippen LogP contribution in [0.25, 0.3) is 10.8 Å². The molecule has 2 aromatic rings. The van der Waals surface area contributed by atoms with E-state index in [0.29, 0.717) is 16.9 Å². The Morgan fingerprint density at radius 2 is 1.70 bits per heavy atom. The van der Waals surface area contributed by atoms with E-state index in [1.165, 1.54) is 12.1 Å². The third kappa shape index (κ3) is 4.05. The number of hydrogen-bond acceptors (Lipinski definition) is 1. The fraction of sp³-hybridized carbons (Fsp3) is 0.391. The van der Waals surface area contributed by atoms with Crippen LogP contribution in [-0.4, -0.2) is 6.61 Å². The van der Waals surface area contributed by atoms with Crippen molar-refractivity contribution in [1.29, 1.82) is 0 Å². The van der Waals surface area contributed by atoms with Gasteiger partial charge in [-0.15, -0.1) is 6.58 Å². The molecule has 0 N–H and O–H groups in total. The quantitative estimate of drug-likeness (QED) is 0.471. The normalized spacial score (nSPS) is 19.8. The van der Waals surface area contributed by atoms with Gasteiger partial charge in [-0.05, 0) is 73.4 Å². The Bertz CT molecular complexity index is 835. The van der Waals surface area contributed by atoms with Crippen LogP contribution in [0.4, 0.5) is 13.2 Å². The predicted octanol–water partition coefficient (Wildman–Crippen LogP) is 7.06. The lowest BCUT2D eigenvalue weighted by Gasteiger charge is -2.29. The van der Waals surface area contributed by atoms with Crippen molar-refractivity contribution < 1.29 is 17.9 Å². The molecule has 3 rings (SSSR count). The maximum atomic E-state index is 14.8. The lowest BCUT2D eigenvalue weighted by molar-refractivity contribution is 0.306. The Morgan fingerprint density at radius 1 is 0.963 bits per heavy atom. The van der Waals surface area contributed by atoms with E-state index in [9.17, 15) is 13.2 Å². The summed E-state index contributed by atoms with van der Waals surface area (Å²) in [5.74, 6) is -2.44. The highest BCUT2D eigenvalue weighted by Gasteiger charge is 2.27. The van der Waals surface area contributed by atoms with Gasteiger partial charge in [0.1, 0.15) is 6.61 Å². The van der Waals surface area contributed by atoms with Crippen LogP contribution in [-0.2, 0) is 0 Å². The molecule has 0 aliphatic heterocycles. The summed E-state index contributed by atoms with van der Waals surface area (Å²) in [6.07, 6.45) is 9.13. The van der Waals surface area contributed by atoms with E-state index in [1.54, 1.807) is 12.1 Å². The minimum Gasteiger partial charge on any atom is -0.486 e. The average molecular weight is 374 g/mol. The number of benzene rings is 2. The molecule has 1 aliphatic carbocycles. The molecule has 27 heavy (non-hydrogen) atoms. The van der Waals surface area contributed by atoms with Gasteiger partial charge in [0.25, 0.3) is 0 Å². The van der Waals surface area contributed by atoms with Gasteiger partial charge in [-0.25, -0.2) is 13.2 Å². The first kappa shape index (κ1) is 19.5. The summed E-state index contributed by atoms with van der Waals surface area (Å²) >= 11 is 0. The van der Waals surface area contributed by atoms with Crippen molar-refractivity contribution >= 4 is 10.8 Å². The van der Waals surface area contributed by atoms with Gasteiger partial charge in [-0.3, -0.25) is 0 Å². The average Bonchev–Trinajstić information content (AvgIpc) is 2.69. The van der Waals surface area contributed by atoms with E-state index in [0.717, 1.165) is 38.5 Å². The maximum absolute atomic E-state index is 14.8. The van der Waals surface area contributed by atoms with Crippen LogP contribution in [0.5, 0.6) is 5.75 Å². The molecular weight excluding hydrogens is 349 g/mol. The van der Waals surface area contributed by atoms with E-state index in [-0.39, 0.29) is 23.7 Å². The molecule has 2 aromatic carbocycles. The zero-order valence-corrected chi connectivity index (χ0v) is 15.4. The number of hydrogen-bond donors (Lipinski definition) is 0. The molecule has 0 heterocycles. The van der Waals surface area contributed by atoms with E-state index in [1.807, 2.05) is 6.08 Å². The van der Waals surface area contributed by atoms with Gasteiger partial charge in [0.05, 0.1) is 5.39 Å². The third-order valence-electron chi connectivity index (χ3n) is 5.54. The van der Waals surface area contributed by atoms with Gasteiger partial charge in [-0.2, -0.15) is 0 Å². The SMILES string of the molecule is C=CCCC1CCC(c2cc3ccc(OCC=C)c(F)c3c(F)c2F)CC1. The first-order valence-electron chi connectivity index (χ1n) is 9.51. The van der Waals surface area contributed by atoms with Gasteiger partial charge in [0.2, 0.25) is 0 Å². The molecule has 1 fully saturated rings. The van der Waals surface area contributed by atoms with Crippen molar-refractivity contribution in [2.75, 3.05) is 6.61 Å². The monoisotopic (exact) mass is 374 g/mol. The highest BCUT2D eigenvalue weighted by atomic mass is 19.2. The van der Waals surface area contributed by atoms with Crippen molar-refractivity contribution in [2.24, 2.45) is 5.92 Å². The highest BCUT2D eigenvalue weighted by molar-refractivity contribution is 5.86. The Balaban J connectivity index is 1.89. The molecule has 1 saturated carbocycles. The summed E-state index contributed by atoms with van der Waals surface area (Å²) in [6.45, 7) is 7.35. The van der Waals surface area contributed by atoms with E-state index >= 15 is 0 Å². The van der Waals surface area contributed by atoms with Crippen LogP contribution in [0.1, 0.15) is 50.0 Å². The molecule has 0 radical (unpaired) electrons. The topological polar surface area (TPSA) is 9.23 Å². The number of fused-ring (bicyclic) bond motifs is 1. The van der Waals surface area contributed by atoms with Crippen LogP contribution >= 0.6 is 0 Å². The first-order valence-corrected chi connectivity index (χ1v) is 9.51. The molecule has 0 saturated heterocycles. The molecule has 1 nitrogen and oxygen atoms in total. The Morgan fingerprint density at radius 3 is 2.37 bits per heavy atom. The maximum Gasteiger partial charge on any atom is 0.175 e. The van der Waals surface area contributed by atoms with Gasteiger partial charge in [0, 0.05) is 0 Å². The lowest BCUT2D eigenvalue weighted by Crippen LogP contribution is -2.15. The van der Waals surface area contributed by atoms with E-state index in [2.05, 4.69) is 13.2 Å². The molecule has 0 unspecified atom stereocenters. The smallest absolute Gasteiger partial charge is 0.175 e.